The molecule has 0 aliphatic carbocycles. The van der Waals surface area contributed by atoms with Gasteiger partial charge in [0.15, 0.2) is 6.10 Å². The second-order valence-corrected chi connectivity index (χ2v) is 30.9. The Labute approximate surface area is 705 Å². The van der Waals surface area contributed by atoms with Gasteiger partial charge in [-0.3, -0.25) is 110 Å². The van der Waals surface area contributed by atoms with Crippen LogP contribution in [0.5, 0.6) is 0 Å². The molecule has 0 aromatic rings. The number of carbonyl (C=O) groups excluding carboxylic acids is 23. The van der Waals surface area contributed by atoms with E-state index in [-0.39, 0.29) is 38.7 Å². The monoisotopic (exact) mass is 1730 g/mol. The van der Waals surface area contributed by atoms with Gasteiger partial charge in [-0.15, -0.1) is 0 Å². The highest BCUT2D eigenvalue weighted by Crippen LogP contribution is 2.19. The molecule has 0 bridgehead atoms. The Morgan fingerprint density at radius 1 is 0.352 bits per heavy atom. The Morgan fingerprint density at radius 3 is 0.893 bits per heavy atom. The van der Waals surface area contributed by atoms with Gasteiger partial charge in [-0.1, -0.05) is 12.2 Å². The van der Waals surface area contributed by atoms with Crippen LogP contribution in [0.4, 0.5) is 0 Å². The molecule has 22 atom stereocenters. The third-order valence-electron chi connectivity index (χ3n) is 19.2. The summed E-state index contributed by atoms with van der Waals surface area (Å²) < 4.78 is 4.87. The van der Waals surface area contributed by atoms with Gasteiger partial charge in [-0.25, -0.2) is 0 Å². The molecule has 0 aromatic carbocycles. The molecule has 1 saturated heterocycles. The molecule has 47 heteroatoms. The average molecular weight is 1730 g/mol. The van der Waals surface area contributed by atoms with Gasteiger partial charge >= 0.3 is 0 Å². The summed E-state index contributed by atoms with van der Waals surface area (Å²) in [4.78, 5) is 301. The van der Waals surface area contributed by atoms with E-state index in [9.17, 15) is 110 Å². The molecule has 9 unspecified atom stereocenters. The van der Waals surface area contributed by atoms with Crippen molar-refractivity contribution in [2.24, 2.45) is 5.73 Å². The number of amides is 23. The van der Waals surface area contributed by atoms with Gasteiger partial charge in [0.05, 0.1) is 13.2 Å². The lowest BCUT2D eigenvalue weighted by Crippen LogP contribution is -2.63. The Bertz CT molecular complexity index is 3950. The van der Waals surface area contributed by atoms with E-state index in [2.05, 4.69) is 117 Å². The maximum atomic E-state index is 14.2. The lowest BCUT2D eigenvalue weighted by Gasteiger charge is -2.32. The molecule has 47 nitrogen and oxygen atoms in total. The van der Waals surface area contributed by atoms with Crippen molar-refractivity contribution in [3.8, 4) is 0 Å². The first-order valence-corrected chi connectivity index (χ1v) is 39.7. The van der Waals surface area contributed by atoms with Crippen LogP contribution in [-0.4, -0.2) is 281 Å². The lowest BCUT2D eigenvalue weighted by molar-refractivity contribution is -0.137. The van der Waals surface area contributed by atoms with E-state index in [0.717, 1.165) is 0 Å². The molecule has 2 rings (SSSR count). The van der Waals surface area contributed by atoms with Crippen molar-refractivity contribution in [3.05, 3.63) is 12.2 Å². The molecule has 2 aliphatic rings. The number of rotatable bonds is 37. The molecule has 122 heavy (non-hydrogen) atoms. The number of primary amides is 1. The first-order chi connectivity index (χ1) is 56.4. The van der Waals surface area contributed by atoms with Crippen molar-refractivity contribution in [2.75, 3.05) is 13.2 Å². The number of carbonyl (C=O) groups is 23. The summed E-state index contributed by atoms with van der Waals surface area (Å²) in [5.41, 5.74) is 1.53. The first kappa shape index (κ1) is 106. The Hall–Kier alpha value is -12.5. The predicted octanol–water partition coefficient (Wildman–Crippen LogP) is -10.2. The molecule has 0 spiro atoms. The summed E-state index contributed by atoms with van der Waals surface area (Å²) in [6.07, 6.45) is 2.95. The lowest BCUT2D eigenvalue weighted by atomic mass is 9.91. The van der Waals surface area contributed by atoms with E-state index in [4.69, 9.17) is 10.5 Å². The van der Waals surface area contributed by atoms with Crippen molar-refractivity contribution in [1.82, 2.24) is 117 Å². The number of nitrogens with two attached hydrogens (primary N) is 1. The number of allylic oxidation sites excluding steroid dienone is 2. The van der Waals surface area contributed by atoms with Crippen LogP contribution < -0.4 is 123 Å². The zero-order valence-electron chi connectivity index (χ0n) is 72.5. The van der Waals surface area contributed by atoms with Crippen molar-refractivity contribution < 1.29 is 115 Å². The van der Waals surface area contributed by atoms with Crippen LogP contribution in [0.1, 0.15) is 178 Å². The maximum absolute atomic E-state index is 14.2. The summed E-state index contributed by atoms with van der Waals surface area (Å²) in [5, 5.41) is 53.4. The van der Waals surface area contributed by atoms with E-state index >= 15 is 0 Å². The predicted molar refractivity (Wildman–Crippen MR) is 432 cm³/mol. The molecule has 0 saturated carbocycles. The number of nitrogens with one attached hydrogen (secondary N) is 22. The highest BCUT2D eigenvalue weighted by molar-refractivity contribution is 6.03. The molecule has 24 N–H and O–H groups in total. The maximum Gasteiger partial charge on any atom is 0.252 e. The third kappa shape index (κ3) is 35.4. The first-order valence-electron chi connectivity index (χ1n) is 39.7. The highest BCUT2D eigenvalue weighted by atomic mass is 16.6. The SMILES string of the molecule is CC(NC(=O)[C@H](C)NC(=O)C(C)NC(=O)[C@H](C)NC(=O)C(C)NC(=O)[C@H](C)NC(=O)C(C)NC(=O)[C@H](C)NC(=O)[C@]1(C)CC/C=C\CCC[C@](C)(NC(=O)[C@H](C)NC(=O)C(C)NC(=O)[C@H](C)NC(=O)C(C)NC(=O)[C@H](C)NC(=O)C(C)NC(=O)[C@H](C)NC(=O)C(C)NC(=O)[C@H](C)NC(=O)C2CO2)C(=O)N[C@@H](C)C(=O)NCC(=O)N[C@@H](C)C(=O)N1)C(N)=O. The van der Waals surface area contributed by atoms with Crippen LogP contribution in [0.25, 0.3) is 0 Å². The molecule has 2 aliphatic heterocycles. The van der Waals surface area contributed by atoms with Crippen LogP contribution >= 0.6 is 0 Å². The number of hydrogen-bond acceptors (Lipinski definition) is 24. The second kappa shape index (κ2) is 48.7. The summed E-state index contributed by atoms with van der Waals surface area (Å²) in [6, 6.07) is -23.9. The quantitative estimate of drug-likeness (QED) is 0.0203. The van der Waals surface area contributed by atoms with E-state index in [1.54, 1.807) is 12.2 Å². The number of epoxide rings is 1. The molecule has 682 valence electrons. The van der Waals surface area contributed by atoms with Crippen LogP contribution in [0.3, 0.4) is 0 Å². The zero-order chi connectivity index (χ0) is 93.5. The number of hydrogen-bond donors (Lipinski definition) is 23. The molecular weight excluding hydrogens is 1610 g/mol. The Morgan fingerprint density at radius 2 is 0.607 bits per heavy atom. The molecule has 23 amide bonds. The second-order valence-electron chi connectivity index (χ2n) is 30.9. The molecular formula is C75H123N23O24. The van der Waals surface area contributed by atoms with E-state index in [1.807, 2.05) is 0 Å². The van der Waals surface area contributed by atoms with Crippen molar-refractivity contribution in [3.63, 3.8) is 0 Å². The van der Waals surface area contributed by atoms with Gasteiger partial charge in [0.1, 0.15) is 126 Å². The largest absolute Gasteiger partial charge is 0.368 e. The number of ether oxygens (including phenoxy) is 1. The van der Waals surface area contributed by atoms with Crippen LogP contribution in [0.15, 0.2) is 12.2 Å². The molecule has 0 aromatic heterocycles. The van der Waals surface area contributed by atoms with E-state index in [0.29, 0.717) is 0 Å². The summed E-state index contributed by atoms with van der Waals surface area (Å²) >= 11 is 0. The topological polar surface area (TPSA) is 696 Å². The molecule has 1 fully saturated rings. The minimum atomic E-state index is -1.82. The standard InChI is InChI=1S/C75H123N23O24/c1-31(52(76)100)79-54(102)33(3)80-55(103)34(4)81-56(104)35(5)82-59(107)38(8)86-62(110)41(11)89-65(113)44(14)92-68(116)47(17)96-73(121)75(21)28-26-24-22-23-25-27-74(20,72(120)95-32(2)53(101)77-29-51(99)78-48(18)69(117)97-75)98-70(118)49(19)93-66(114)45(15)90-63(111)42(12)87-60(108)39(9)84-57(105)36(6)83-58(106)37(7)85-61(109)40(10)88-64(112)43(13)91-67(115)46(16)94-71(119)50-30-122-50/h22,24,31-50H,23,25-30H2,1-21H3,(H2,76,100)(H,77,101)(H,78,99)(H,79,102)(H,80,103)(H,81,104)(H,82,107)(H,83,106)(H,84,105)(H,85,109)(H,86,110)(H,87,108)(H,88,112)(H,89,113)(H,90,111)(H,91,115)(H,92,116)(H,93,114)(H,94,119)(H,95,120)(H,96,121)(H,97,117)(H,98,118)/b24-22-/t31?,32-,33-,34?,35-,36-,37?,38?,39?,40-,41-,42-,43?,44?,45?,46-,47-,48-,49-,50?,74-,75-/m0/s1. The minimum Gasteiger partial charge on any atom is -0.368 e. The Kier molecular flexibility index (Phi) is 42.1. The van der Waals surface area contributed by atoms with Gasteiger partial charge in [0.25, 0.3) is 5.91 Å². The van der Waals surface area contributed by atoms with Crippen LogP contribution in [-0.2, 0) is 115 Å². The highest BCUT2D eigenvalue weighted by Gasteiger charge is 2.41. The summed E-state index contributed by atoms with van der Waals surface area (Å²) in [6.45, 7) is 26.9. The molecule has 0 radical (unpaired) electrons. The van der Waals surface area contributed by atoms with E-state index < -0.39 is 274 Å². The van der Waals surface area contributed by atoms with Gasteiger partial charge in [0, 0.05) is 0 Å². The smallest absolute Gasteiger partial charge is 0.252 e. The fourth-order valence-electron chi connectivity index (χ4n) is 10.6. The van der Waals surface area contributed by atoms with Crippen LogP contribution in [0.2, 0.25) is 0 Å². The fraction of sp³-hybridized carbons (Fsp3) is 0.667. The van der Waals surface area contributed by atoms with Gasteiger partial charge in [0.2, 0.25) is 130 Å². The van der Waals surface area contributed by atoms with Crippen molar-refractivity contribution in [2.45, 2.75) is 309 Å². The third-order valence-corrected chi connectivity index (χ3v) is 19.2. The van der Waals surface area contributed by atoms with Crippen molar-refractivity contribution in [1.29, 1.82) is 0 Å². The zero-order valence-corrected chi connectivity index (χ0v) is 72.5. The fourth-order valence-corrected chi connectivity index (χ4v) is 10.6. The minimum absolute atomic E-state index is 0.0867. The summed E-state index contributed by atoms with van der Waals surface area (Å²) in [5.74, 6) is -19.0. The normalized spacial score (nSPS) is 22.0. The Balaban J connectivity index is 2.04. The van der Waals surface area contributed by atoms with Gasteiger partial charge < -0.3 is 127 Å². The van der Waals surface area contributed by atoms with E-state index in [1.165, 1.54) is 145 Å². The van der Waals surface area contributed by atoms with Gasteiger partial charge in [-0.2, -0.15) is 0 Å². The summed E-state index contributed by atoms with van der Waals surface area (Å²) in [7, 11) is 0. The van der Waals surface area contributed by atoms with Crippen molar-refractivity contribution >= 4 is 136 Å². The van der Waals surface area contributed by atoms with Gasteiger partial charge in [-0.05, 0) is 178 Å². The van der Waals surface area contributed by atoms with Crippen LogP contribution in [0, 0.1) is 0 Å². The average Bonchev–Trinajstić information content (AvgIpc) is 1.85. The molecule has 2 heterocycles.